The molecular weight excluding hydrogens is 387 g/mol. The van der Waals surface area contributed by atoms with Crippen molar-refractivity contribution >= 4 is 0 Å². The summed E-state index contributed by atoms with van der Waals surface area (Å²) in [7, 11) is 3.03. The number of H-pyrrole nitrogens is 1. The van der Waals surface area contributed by atoms with Gasteiger partial charge in [-0.25, -0.2) is 4.79 Å². The van der Waals surface area contributed by atoms with Crippen LogP contribution in [0.25, 0.3) is 0 Å². The first-order valence-corrected chi connectivity index (χ1v) is 8.31. The van der Waals surface area contributed by atoms with Gasteiger partial charge in [-0.3, -0.25) is 9.36 Å². The smallest absolute Gasteiger partial charge is 0.860 e. The second kappa shape index (κ2) is 10.1. The summed E-state index contributed by atoms with van der Waals surface area (Å²) in [6.45, 7) is 0.0915. The first-order valence-electron chi connectivity index (χ1n) is 8.31. The molecule has 28 heavy (non-hydrogen) atoms. The molecule has 7 nitrogen and oxygen atoms in total. The second-order valence-electron chi connectivity index (χ2n) is 5.98. The van der Waals surface area contributed by atoms with Crippen LogP contribution in [0.4, 0.5) is 0 Å². The van der Waals surface area contributed by atoms with Gasteiger partial charge in [0.15, 0.2) is 11.5 Å². The Balaban J connectivity index is 0.00000280. The molecule has 0 aliphatic carbocycles. The predicted molar refractivity (Wildman–Crippen MR) is 98.7 cm³/mol. The summed E-state index contributed by atoms with van der Waals surface area (Å²) in [6, 6.07) is 14.3. The van der Waals surface area contributed by atoms with E-state index in [1.165, 1.54) is 14.2 Å². The van der Waals surface area contributed by atoms with E-state index >= 15 is 0 Å². The van der Waals surface area contributed by atoms with Crippen molar-refractivity contribution in [2.75, 3.05) is 14.2 Å². The van der Waals surface area contributed by atoms with Crippen LogP contribution in [0.3, 0.4) is 0 Å². The molecule has 0 radical (unpaired) electrons. The summed E-state index contributed by atoms with van der Waals surface area (Å²) in [4.78, 5) is 27.1. The normalized spacial score (nSPS) is 10.2. The SMILES string of the molecule is COc1ccc(Cc2c([O-])[nH]c(=O)n(Cc3ccccc3)c2=O)cc1OC.[K+]. The molecule has 2 aromatic carbocycles. The van der Waals surface area contributed by atoms with Gasteiger partial charge in [0.25, 0.3) is 5.56 Å². The maximum absolute atomic E-state index is 12.8. The quantitative estimate of drug-likeness (QED) is 0.491. The number of ether oxygens (including phenoxy) is 2. The van der Waals surface area contributed by atoms with Gasteiger partial charge in [-0.15, -0.1) is 0 Å². The summed E-state index contributed by atoms with van der Waals surface area (Å²) < 4.78 is 11.5. The Bertz CT molecular complexity index is 1060. The minimum absolute atomic E-state index is 0. The topological polar surface area (TPSA) is 96.4 Å². The molecular formula is C20H19KN2O5. The van der Waals surface area contributed by atoms with E-state index in [9.17, 15) is 14.7 Å². The van der Waals surface area contributed by atoms with Crippen LogP contribution in [0.5, 0.6) is 17.4 Å². The predicted octanol–water partition coefficient (Wildman–Crippen LogP) is -1.73. The molecule has 0 spiro atoms. The van der Waals surface area contributed by atoms with Gasteiger partial charge in [-0.2, -0.15) is 0 Å². The Kier molecular flexibility index (Phi) is 8.08. The van der Waals surface area contributed by atoms with E-state index in [1.54, 1.807) is 18.2 Å². The molecule has 1 N–H and O–H groups in total. The summed E-state index contributed by atoms with van der Waals surface area (Å²) in [5.41, 5.74) is 0.172. The first kappa shape index (κ1) is 22.4. The number of aromatic nitrogens is 2. The zero-order chi connectivity index (χ0) is 19.4. The van der Waals surface area contributed by atoms with Crippen molar-refractivity contribution in [3.05, 3.63) is 86.1 Å². The Morgan fingerprint density at radius 3 is 2.29 bits per heavy atom. The average Bonchev–Trinajstić information content (AvgIpc) is 2.69. The molecule has 0 amide bonds. The van der Waals surface area contributed by atoms with Gasteiger partial charge in [0.2, 0.25) is 0 Å². The number of nitrogens with zero attached hydrogens (tertiary/aromatic N) is 1. The second-order valence-corrected chi connectivity index (χ2v) is 5.98. The van der Waals surface area contributed by atoms with Gasteiger partial charge >= 0.3 is 57.1 Å². The van der Waals surface area contributed by atoms with Crippen molar-refractivity contribution in [1.82, 2.24) is 9.55 Å². The van der Waals surface area contributed by atoms with Gasteiger partial charge in [0.1, 0.15) is 0 Å². The van der Waals surface area contributed by atoms with E-state index in [0.29, 0.717) is 17.1 Å². The number of aromatic amines is 1. The van der Waals surface area contributed by atoms with Gasteiger partial charge in [0.05, 0.1) is 20.8 Å². The minimum atomic E-state index is -0.718. The van der Waals surface area contributed by atoms with E-state index in [2.05, 4.69) is 4.98 Å². The van der Waals surface area contributed by atoms with Crippen LogP contribution in [0.1, 0.15) is 16.7 Å². The Morgan fingerprint density at radius 1 is 0.964 bits per heavy atom. The third-order valence-corrected chi connectivity index (χ3v) is 4.26. The number of methoxy groups -OCH3 is 2. The van der Waals surface area contributed by atoms with Gasteiger partial charge in [-0.05, 0) is 29.1 Å². The third kappa shape index (κ3) is 4.95. The molecule has 0 saturated carbocycles. The van der Waals surface area contributed by atoms with E-state index in [4.69, 9.17) is 9.47 Å². The number of benzene rings is 2. The zero-order valence-corrected chi connectivity index (χ0v) is 19.1. The van der Waals surface area contributed by atoms with Crippen LogP contribution in [-0.4, -0.2) is 23.8 Å². The monoisotopic (exact) mass is 406 g/mol. The average molecular weight is 406 g/mol. The number of rotatable bonds is 6. The number of hydrogen-bond acceptors (Lipinski definition) is 5. The molecule has 0 atom stereocenters. The summed E-state index contributed by atoms with van der Waals surface area (Å²) in [5.74, 6) is 0.368. The van der Waals surface area contributed by atoms with Crippen LogP contribution < -0.4 is 77.2 Å². The van der Waals surface area contributed by atoms with E-state index in [0.717, 1.165) is 10.1 Å². The molecule has 3 aromatic rings. The van der Waals surface area contributed by atoms with E-state index in [1.807, 2.05) is 30.3 Å². The van der Waals surface area contributed by atoms with Crippen LogP contribution >= 0.6 is 0 Å². The van der Waals surface area contributed by atoms with Crippen molar-refractivity contribution in [2.45, 2.75) is 13.0 Å². The van der Waals surface area contributed by atoms with Crippen LogP contribution in [0.15, 0.2) is 58.1 Å². The van der Waals surface area contributed by atoms with Gasteiger partial charge < -0.3 is 19.6 Å². The Labute approximate surface area is 204 Å². The van der Waals surface area contributed by atoms with Gasteiger partial charge in [-0.1, -0.05) is 36.4 Å². The molecule has 140 valence electrons. The number of nitrogens with one attached hydrogen (secondary N) is 1. The van der Waals surface area contributed by atoms with E-state index in [-0.39, 0.29) is 69.9 Å². The van der Waals surface area contributed by atoms with Crippen molar-refractivity contribution in [2.24, 2.45) is 0 Å². The van der Waals surface area contributed by atoms with Gasteiger partial charge in [0, 0.05) is 12.0 Å². The Hall–Kier alpha value is -1.84. The Morgan fingerprint density at radius 2 is 1.64 bits per heavy atom. The van der Waals surface area contributed by atoms with Crippen molar-refractivity contribution in [3.63, 3.8) is 0 Å². The van der Waals surface area contributed by atoms with E-state index < -0.39 is 17.1 Å². The standard InChI is InChI=1S/C20H20N2O5.K/c1-26-16-9-8-14(11-17(16)27-2)10-15-18(23)21-20(25)22(19(15)24)12-13-6-4-3-5-7-13;/h3-9,11,23H,10,12H2,1-2H3,(H,21,25);/q;+1/p-1. The molecule has 0 fully saturated rings. The largest absolute Gasteiger partial charge is 1.00 e. The molecule has 0 saturated heterocycles. The molecule has 3 rings (SSSR count). The van der Waals surface area contributed by atoms with Crippen LogP contribution in [0.2, 0.25) is 0 Å². The maximum Gasteiger partial charge on any atom is 1.00 e. The molecule has 1 heterocycles. The summed E-state index contributed by atoms with van der Waals surface area (Å²) in [5, 5.41) is 12.2. The maximum atomic E-state index is 12.8. The summed E-state index contributed by atoms with van der Waals surface area (Å²) >= 11 is 0. The zero-order valence-electron chi connectivity index (χ0n) is 16.0. The molecule has 0 unspecified atom stereocenters. The fourth-order valence-corrected chi connectivity index (χ4v) is 2.85. The molecule has 0 aliphatic heterocycles. The molecule has 0 bridgehead atoms. The van der Waals surface area contributed by atoms with Crippen molar-refractivity contribution in [3.8, 4) is 17.4 Å². The first-order chi connectivity index (χ1) is 13.0. The molecule has 1 aromatic heterocycles. The van der Waals surface area contributed by atoms with Crippen molar-refractivity contribution in [1.29, 1.82) is 0 Å². The minimum Gasteiger partial charge on any atom is -0.860 e. The fraction of sp³-hybridized carbons (Fsp3) is 0.200. The van der Waals surface area contributed by atoms with Crippen LogP contribution in [0, 0.1) is 0 Å². The third-order valence-electron chi connectivity index (χ3n) is 4.26. The summed E-state index contributed by atoms with van der Waals surface area (Å²) in [6.07, 6.45) is 0.0730. The van der Waals surface area contributed by atoms with Crippen molar-refractivity contribution < 1.29 is 66.0 Å². The fourth-order valence-electron chi connectivity index (χ4n) is 2.85. The van der Waals surface area contributed by atoms with Crippen LogP contribution in [-0.2, 0) is 13.0 Å². The molecule has 0 aliphatic rings. The molecule has 8 heteroatoms. The number of hydrogen-bond donors (Lipinski definition) is 1.